The predicted octanol–water partition coefficient (Wildman–Crippen LogP) is 3.24. The van der Waals surface area contributed by atoms with Gasteiger partial charge in [0, 0.05) is 16.3 Å². The fourth-order valence-electron chi connectivity index (χ4n) is 2.54. The summed E-state index contributed by atoms with van der Waals surface area (Å²) in [5, 5.41) is 3.36. The molecule has 1 heterocycles. The van der Waals surface area contributed by atoms with Crippen molar-refractivity contribution in [3.05, 3.63) is 21.9 Å². The molecule has 0 radical (unpaired) electrons. The zero-order valence-electron chi connectivity index (χ0n) is 9.81. The van der Waals surface area contributed by atoms with E-state index >= 15 is 0 Å². The van der Waals surface area contributed by atoms with E-state index in [1.54, 1.807) is 4.88 Å². The molecule has 1 aromatic rings. The van der Waals surface area contributed by atoms with Crippen LogP contribution in [-0.4, -0.2) is 13.6 Å². The van der Waals surface area contributed by atoms with Gasteiger partial charge in [0.1, 0.15) is 0 Å². The summed E-state index contributed by atoms with van der Waals surface area (Å²) in [5.74, 6) is 0. The van der Waals surface area contributed by atoms with E-state index in [0.29, 0.717) is 5.41 Å². The molecule has 15 heavy (non-hydrogen) atoms. The van der Waals surface area contributed by atoms with Crippen LogP contribution in [0.15, 0.2) is 12.1 Å². The summed E-state index contributed by atoms with van der Waals surface area (Å²) < 4.78 is 0. The van der Waals surface area contributed by atoms with E-state index in [9.17, 15) is 0 Å². The van der Waals surface area contributed by atoms with E-state index in [0.717, 1.165) is 0 Å². The highest BCUT2D eigenvalue weighted by Gasteiger charge is 2.36. The van der Waals surface area contributed by atoms with Crippen molar-refractivity contribution in [3.63, 3.8) is 0 Å². The second-order valence-electron chi connectivity index (χ2n) is 4.78. The molecule has 1 fully saturated rings. The van der Waals surface area contributed by atoms with Crippen molar-refractivity contribution in [3.8, 4) is 0 Å². The first-order valence-electron chi connectivity index (χ1n) is 6.00. The molecule has 0 saturated heterocycles. The molecular formula is C13H21NS. The summed E-state index contributed by atoms with van der Waals surface area (Å²) in [6.45, 7) is 3.43. The molecule has 1 aliphatic carbocycles. The van der Waals surface area contributed by atoms with E-state index in [1.165, 1.54) is 43.5 Å². The molecule has 0 aliphatic heterocycles. The van der Waals surface area contributed by atoms with Crippen LogP contribution in [0.1, 0.15) is 35.9 Å². The second kappa shape index (κ2) is 4.67. The Labute approximate surface area is 96.9 Å². The van der Waals surface area contributed by atoms with Crippen LogP contribution in [0.3, 0.4) is 0 Å². The molecule has 1 aromatic heterocycles. The molecule has 0 atom stereocenters. The summed E-state index contributed by atoms with van der Waals surface area (Å²) in [6.07, 6.45) is 6.72. The van der Waals surface area contributed by atoms with Gasteiger partial charge in [-0.15, -0.1) is 11.3 Å². The Balaban J connectivity index is 1.99. The Morgan fingerprint density at radius 2 is 2.07 bits per heavy atom. The first-order chi connectivity index (χ1) is 7.28. The van der Waals surface area contributed by atoms with Crippen LogP contribution < -0.4 is 5.32 Å². The van der Waals surface area contributed by atoms with Crippen molar-refractivity contribution in [1.29, 1.82) is 0 Å². The van der Waals surface area contributed by atoms with Gasteiger partial charge in [0.2, 0.25) is 0 Å². The van der Waals surface area contributed by atoms with Gasteiger partial charge in [0.05, 0.1) is 0 Å². The van der Waals surface area contributed by atoms with Gasteiger partial charge in [-0.3, -0.25) is 0 Å². The monoisotopic (exact) mass is 223 g/mol. The molecular weight excluding hydrogens is 202 g/mol. The highest BCUT2D eigenvalue weighted by Crippen LogP contribution is 2.44. The highest BCUT2D eigenvalue weighted by molar-refractivity contribution is 7.11. The largest absolute Gasteiger partial charge is 0.319 e. The third-order valence-corrected chi connectivity index (χ3v) is 4.81. The van der Waals surface area contributed by atoms with Crippen LogP contribution >= 0.6 is 11.3 Å². The normalized spacial score (nSPS) is 18.8. The summed E-state index contributed by atoms with van der Waals surface area (Å²) >= 11 is 2.01. The Hall–Kier alpha value is -0.340. The van der Waals surface area contributed by atoms with E-state index in [2.05, 4.69) is 31.4 Å². The lowest BCUT2D eigenvalue weighted by molar-refractivity contribution is 0.135. The van der Waals surface area contributed by atoms with Crippen LogP contribution in [0.4, 0.5) is 0 Å². The molecule has 1 nitrogen and oxygen atoms in total. The maximum Gasteiger partial charge on any atom is 0.00541 e. The third kappa shape index (κ3) is 2.43. The molecule has 0 amide bonds. The van der Waals surface area contributed by atoms with Crippen molar-refractivity contribution in [2.75, 3.05) is 13.6 Å². The lowest BCUT2D eigenvalue weighted by atomic mass is 9.66. The van der Waals surface area contributed by atoms with E-state index in [4.69, 9.17) is 0 Å². The van der Waals surface area contributed by atoms with Gasteiger partial charge in [-0.25, -0.2) is 0 Å². The zero-order valence-corrected chi connectivity index (χ0v) is 10.6. The first kappa shape index (κ1) is 11.2. The van der Waals surface area contributed by atoms with E-state index in [-0.39, 0.29) is 0 Å². The zero-order chi connectivity index (χ0) is 10.7. The molecule has 0 bridgehead atoms. The van der Waals surface area contributed by atoms with Gasteiger partial charge in [-0.05, 0) is 50.3 Å². The molecule has 1 aliphatic rings. The minimum atomic E-state index is 0.588. The lowest BCUT2D eigenvalue weighted by Gasteiger charge is -2.41. The van der Waals surface area contributed by atoms with Crippen LogP contribution in [-0.2, 0) is 12.8 Å². The van der Waals surface area contributed by atoms with Gasteiger partial charge >= 0.3 is 0 Å². The second-order valence-corrected chi connectivity index (χ2v) is 6.04. The summed E-state index contributed by atoms with van der Waals surface area (Å²) in [6, 6.07) is 4.63. The maximum absolute atomic E-state index is 3.36. The molecule has 2 rings (SSSR count). The Kier molecular flexibility index (Phi) is 3.47. The number of thiophene rings is 1. The Morgan fingerprint density at radius 1 is 1.33 bits per heavy atom. The Morgan fingerprint density at radius 3 is 2.53 bits per heavy atom. The minimum absolute atomic E-state index is 0.588. The van der Waals surface area contributed by atoms with Crippen LogP contribution in [0, 0.1) is 5.41 Å². The number of hydrogen-bond acceptors (Lipinski definition) is 2. The average Bonchev–Trinajstić information content (AvgIpc) is 2.62. The number of hydrogen-bond donors (Lipinski definition) is 1. The number of aryl methyl sites for hydroxylation is 1. The smallest absolute Gasteiger partial charge is 0.00541 e. The standard InChI is InChI=1S/C13H21NS/c1-3-11-5-6-12(15-11)9-13(10-14-2)7-4-8-13/h5-6,14H,3-4,7-10H2,1-2H3. The fourth-order valence-corrected chi connectivity index (χ4v) is 3.68. The van der Waals surface area contributed by atoms with Crippen molar-refractivity contribution >= 4 is 11.3 Å². The quantitative estimate of drug-likeness (QED) is 0.808. The number of rotatable bonds is 5. The predicted molar refractivity (Wildman–Crippen MR) is 67.6 cm³/mol. The maximum atomic E-state index is 3.36. The topological polar surface area (TPSA) is 12.0 Å². The summed E-state index contributed by atoms with van der Waals surface area (Å²) in [5.41, 5.74) is 0.588. The minimum Gasteiger partial charge on any atom is -0.319 e. The van der Waals surface area contributed by atoms with Crippen molar-refractivity contribution in [2.24, 2.45) is 5.41 Å². The molecule has 0 unspecified atom stereocenters. The fraction of sp³-hybridized carbons (Fsp3) is 0.692. The van der Waals surface area contributed by atoms with Crippen molar-refractivity contribution in [2.45, 2.75) is 39.0 Å². The molecule has 1 saturated carbocycles. The SMILES string of the molecule is CCc1ccc(CC2(CNC)CCC2)s1. The lowest BCUT2D eigenvalue weighted by Crippen LogP contribution is -2.40. The third-order valence-electron chi connectivity index (χ3n) is 3.58. The van der Waals surface area contributed by atoms with Crippen LogP contribution in [0.25, 0.3) is 0 Å². The Bertz CT molecular complexity index is 312. The molecule has 0 aromatic carbocycles. The van der Waals surface area contributed by atoms with Crippen LogP contribution in [0.5, 0.6) is 0 Å². The van der Waals surface area contributed by atoms with Gasteiger partial charge in [-0.1, -0.05) is 13.3 Å². The summed E-state index contributed by atoms with van der Waals surface area (Å²) in [7, 11) is 2.08. The molecule has 84 valence electrons. The average molecular weight is 223 g/mol. The molecule has 2 heteroatoms. The number of nitrogens with one attached hydrogen (secondary N) is 1. The van der Waals surface area contributed by atoms with E-state index in [1.807, 2.05) is 11.3 Å². The van der Waals surface area contributed by atoms with Gasteiger partial charge in [-0.2, -0.15) is 0 Å². The van der Waals surface area contributed by atoms with Gasteiger partial charge in [0.15, 0.2) is 0 Å². The van der Waals surface area contributed by atoms with Crippen LogP contribution in [0.2, 0.25) is 0 Å². The van der Waals surface area contributed by atoms with Crippen molar-refractivity contribution < 1.29 is 0 Å². The van der Waals surface area contributed by atoms with Crippen molar-refractivity contribution in [1.82, 2.24) is 5.32 Å². The molecule has 0 spiro atoms. The molecule has 1 N–H and O–H groups in total. The first-order valence-corrected chi connectivity index (χ1v) is 6.82. The van der Waals surface area contributed by atoms with E-state index < -0.39 is 0 Å². The van der Waals surface area contributed by atoms with Gasteiger partial charge < -0.3 is 5.32 Å². The summed E-state index contributed by atoms with van der Waals surface area (Å²) in [4.78, 5) is 3.12. The highest BCUT2D eigenvalue weighted by atomic mass is 32.1. The van der Waals surface area contributed by atoms with Gasteiger partial charge in [0.25, 0.3) is 0 Å².